The summed E-state index contributed by atoms with van der Waals surface area (Å²) in [6.45, 7) is 0. The SMILES string of the molecule is CN(C1CCC1)S(=O)(=O)c1cc(N)c(F)cc1Cl. The van der Waals surface area contributed by atoms with Crippen LogP contribution < -0.4 is 5.73 Å². The first-order chi connectivity index (χ1) is 8.34. The Morgan fingerprint density at radius 3 is 2.56 bits per heavy atom. The van der Waals surface area contributed by atoms with Gasteiger partial charge in [0.05, 0.1) is 10.7 Å². The highest BCUT2D eigenvalue weighted by Crippen LogP contribution is 2.32. The zero-order valence-corrected chi connectivity index (χ0v) is 11.4. The molecule has 1 aromatic carbocycles. The molecule has 0 heterocycles. The van der Waals surface area contributed by atoms with E-state index in [1.165, 1.54) is 11.4 Å². The van der Waals surface area contributed by atoms with Crippen LogP contribution in [0.25, 0.3) is 0 Å². The van der Waals surface area contributed by atoms with Crippen molar-refractivity contribution in [2.24, 2.45) is 0 Å². The number of halogens is 2. The monoisotopic (exact) mass is 292 g/mol. The lowest BCUT2D eigenvalue weighted by atomic mass is 9.94. The van der Waals surface area contributed by atoms with Crippen molar-refractivity contribution >= 4 is 27.3 Å². The fourth-order valence-corrected chi connectivity index (χ4v) is 3.78. The van der Waals surface area contributed by atoms with Crippen molar-refractivity contribution < 1.29 is 12.8 Å². The van der Waals surface area contributed by atoms with Crippen LogP contribution in [0.1, 0.15) is 19.3 Å². The second-order valence-electron chi connectivity index (χ2n) is 4.41. The Hall–Kier alpha value is -0.850. The lowest BCUT2D eigenvalue weighted by molar-refractivity contribution is 0.249. The van der Waals surface area contributed by atoms with Crippen LogP contribution in [0.2, 0.25) is 5.02 Å². The number of sulfonamides is 1. The number of nitrogen functional groups attached to an aromatic ring is 1. The lowest BCUT2D eigenvalue weighted by Gasteiger charge is -2.33. The van der Waals surface area contributed by atoms with Crippen LogP contribution in [-0.4, -0.2) is 25.8 Å². The second-order valence-corrected chi connectivity index (χ2v) is 6.78. The molecule has 0 radical (unpaired) electrons. The van der Waals surface area contributed by atoms with Crippen molar-refractivity contribution in [1.29, 1.82) is 0 Å². The van der Waals surface area contributed by atoms with Crippen molar-refractivity contribution in [3.8, 4) is 0 Å². The largest absolute Gasteiger partial charge is 0.396 e. The van der Waals surface area contributed by atoms with Crippen molar-refractivity contribution in [3.05, 3.63) is 23.0 Å². The Labute approximate surface area is 111 Å². The van der Waals surface area contributed by atoms with Gasteiger partial charge in [0.15, 0.2) is 0 Å². The molecule has 18 heavy (non-hydrogen) atoms. The van der Waals surface area contributed by atoms with Gasteiger partial charge in [0, 0.05) is 13.1 Å². The van der Waals surface area contributed by atoms with E-state index < -0.39 is 15.8 Å². The number of nitrogens with zero attached hydrogens (tertiary/aromatic N) is 1. The molecule has 0 atom stereocenters. The molecule has 1 aliphatic rings. The van der Waals surface area contributed by atoms with Crippen LogP contribution in [0.4, 0.5) is 10.1 Å². The summed E-state index contributed by atoms with van der Waals surface area (Å²) < 4.78 is 39.1. The van der Waals surface area contributed by atoms with Crippen molar-refractivity contribution in [2.45, 2.75) is 30.2 Å². The van der Waals surface area contributed by atoms with E-state index in [1.807, 2.05) is 0 Å². The highest BCUT2D eigenvalue weighted by atomic mass is 35.5. The predicted molar refractivity (Wildman–Crippen MR) is 68.4 cm³/mol. The van der Waals surface area contributed by atoms with E-state index in [0.29, 0.717) is 0 Å². The van der Waals surface area contributed by atoms with Gasteiger partial charge in [-0.05, 0) is 25.0 Å². The zero-order chi connectivity index (χ0) is 13.5. The topological polar surface area (TPSA) is 63.4 Å². The minimum absolute atomic E-state index is 0.00246. The molecule has 100 valence electrons. The van der Waals surface area contributed by atoms with Gasteiger partial charge in [-0.2, -0.15) is 4.31 Å². The van der Waals surface area contributed by atoms with Gasteiger partial charge in [0.2, 0.25) is 10.0 Å². The number of anilines is 1. The zero-order valence-electron chi connectivity index (χ0n) is 9.86. The number of hydrogen-bond donors (Lipinski definition) is 1. The Bertz CT molecular complexity index is 573. The van der Waals surface area contributed by atoms with Gasteiger partial charge in [-0.25, -0.2) is 12.8 Å². The normalized spacial score (nSPS) is 16.9. The second kappa shape index (κ2) is 4.68. The summed E-state index contributed by atoms with van der Waals surface area (Å²) in [5.74, 6) is -0.717. The third-order valence-corrected chi connectivity index (χ3v) is 5.67. The van der Waals surface area contributed by atoms with Gasteiger partial charge in [-0.1, -0.05) is 18.0 Å². The van der Waals surface area contributed by atoms with Gasteiger partial charge >= 0.3 is 0 Å². The molecule has 0 unspecified atom stereocenters. The van der Waals surface area contributed by atoms with Crippen LogP contribution >= 0.6 is 11.6 Å². The number of benzene rings is 1. The fourth-order valence-electron chi connectivity index (χ4n) is 1.84. The van der Waals surface area contributed by atoms with Crippen LogP contribution in [0.15, 0.2) is 17.0 Å². The smallest absolute Gasteiger partial charge is 0.244 e. The maximum Gasteiger partial charge on any atom is 0.244 e. The molecule has 0 saturated heterocycles. The molecule has 0 spiro atoms. The molecular formula is C11H14ClFN2O2S. The van der Waals surface area contributed by atoms with Crippen molar-refractivity contribution in [3.63, 3.8) is 0 Å². The lowest BCUT2D eigenvalue weighted by Crippen LogP contribution is -2.41. The third-order valence-electron chi connectivity index (χ3n) is 3.30. The summed E-state index contributed by atoms with van der Waals surface area (Å²) in [6.07, 6.45) is 2.69. The standard InChI is InChI=1S/C11H14ClFN2O2S/c1-15(7-3-2-4-7)18(16,17)11-6-10(14)9(13)5-8(11)12/h5-7H,2-4,14H2,1H3. The maximum atomic E-state index is 13.2. The number of nitrogens with two attached hydrogens (primary N) is 1. The van der Waals surface area contributed by atoms with Gasteiger partial charge in [-0.15, -0.1) is 0 Å². The molecule has 1 aliphatic carbocycles. The van der Waals surface area contributed by atoms with Crippen LogP contribution in [0, 0.1) is 5.82 Å². The highest BCUT2D eigenvalue weighted by Gasteiger charge is 2.33. The van der Waals surface area contributed by atoms with E-state index in [9.17, 15) is 12.8 Å². The fraction of sp³-hybridized carbons (Fsp3) is 0.455. The molecule has 1 fully saturated rings. The Morgan fingerprint density at radius 1 is 1.44 bits per heavy atom. The Balaban J connectivity index is 2.43. The molecule has 0 amide bonds. The average molecular weight is 293 g/mol. The third kappa shape index (κ3) is 2.20. The molecular weight excluding hydrogens is 279 g/mol. The summed E-state index contributed by atoms with van der Waals surface area (Å²) in [4.78, 5) is -0.141. The summed E-state index contributed by atoms with van der Waals surface area (Å²) in [5.41, 5.74) is 5.17. The first-order valence-corrected chi connectivity index (χ1v) is 7.38. The van der Waals surface area contributed by atoms with Gasteiger partial charge in [-0.3, -0.25) is 0 Å². The minimum Gasteiger partial charge on any atom is -0.396 e. The molecule has 0 aromatic heterocycles. The van der Waals surface area contributed by atoms with E-state index in [4.69, 9.17) is 17.3 Å². The number of rotatable bonds is 3. The summed E-state index contributed by atoms with van der Waals surface area (Å²) in [5, 5.41) is -0.145. The van der Waals surface area contributed by atoms with E-state index in [-0.39, 0.29) is 21.6 Å². The summed E-state index contributed by atoms with van der Waals surface area (Å²) in [6, 6.07) is 2.00. The van der Waals surface area contributed by atoms with Gasteiger partial charge < -0.3 is 5.73 Å². The van der Waals surface area contributed by atoms with Crippen LogP contribution in [-0.2, 0) is 10.0 Å². The molecule has 7 heteroatoms. The first-order valence-electron chi connectivity index (χ1n) is 5.56. The molecule has 1 aromatic rings. The van der Waals surface area contributed by atoms with Crippen LogP contribution in [0.3, 0.4) is 0 Å². The quantitative estimate of drug-likeness (QED) is 0.869. The average Bonchev–Trinajstić information content (AvgIpc) is 2.20. The predicted octanol–water partition coefficient (Wildman–Crippen LogP) is 2.23. The first kappa shape index (κ1) is 13.6. The summed E-state index contributed by atoms with van der Waals surface area (Å²) in [7, 11) is -2.21. The molecule has 0 bridgehead atoms. The molecule has 0 aliphatic heterocycles. The van der Waals surface area contributed by atoms with Crippen LogP contribution in [0.5, 0.6) is 0 Å². The Kier molecular flexibility index (Phi) is 3.53. The highest BCUT2D eigenvalue weighted by molar-refractivity contribution is 7.89. The van der Waals surface area contributed by atoms with Gasteiger partial charge in [0.25, 0.3) is 0 Å². The number of hydrogen-bond acceptors (Lipinski definition) is 3. The molecule has 4 nitrogen and oxygen atoms in total. The molecule has 2 N–H and O–H groups in total. The van der Waals surface area contributed by atoms with Crippen molar-refractivity contribution in [1.82, 2.24) is 4.31 Å². The summed E-state index contributed by atoms with van der Waals surface area (Å²) >= 11 is 5.79. The van der Waals surface area contributed by atoms with Crippen molar-refractivity contribution in [2.75, 3.05) is 12.8 Å². The molecule has 2 rings (SSSR count). The minimum atomic E-state index is -3.71. The maximum absolute atomic E-state index is 13.2. The van der Waals surface area contributed by atoms with E-state index in [0.717, 1.165) is 31.4 Å². The Morgan fingerprint density at radius 2 is 2.06 bits per heavy atom. The van der Waals surface area contributed by atoms with E-state index in [2.05, 4.69) is 0 Å². The van der Waals surface area contributed by atoms with E-state index >= 15 is 0 Å². The van der Waals surface area contributed by atoms with Gasteiger partial charge in [0.1, 0.15) is 10.7 Å². The van der Waals surface area contributed by atoms with E-state index in [1.54, 1.807) is 0 Å². The molecule has 1 saturated carbocycles.